The smallest absolute Gasteiger partial charge is 0.160 e. The van der Waals surface area contributed by atoms with Gasteiger partial charge in [0.25, 0.3) is 0 Å². The first-order valence-electron chi connectivity index (χ1n) is 4.39. The molecule has 0 fully saturated rings. The summed E-state index contributed by atoms with van der Waals surface area (Å²) in [5.41, 5.74) is 2.43. The first kappa shape index (κ1) is 9.78. The predicted octanol–water partition coefficient (Wildman–Crippen LogP) is 2.47. The van der Waals surface area contributed by atoms with Crippen LogP contribution in [-0.4, -0.2) is 10.9 Å². The number of phenolic OH excluding ortho intramolecular Hbond substituents is 1. The molecule has 0 saturated heterocycles. The third-order valence-electron chi connectivity index (χ3n) is 2.19. The number of aromatic hydroxyl groups is 1. The van der Waals surface area contributed by atoms with Gasteiger partial charge in [0.05, 0.1) is 0 Å². The Morgan fingerprint density at radius 3 is 2.54 bits per heavy atom. The number of carbonyl (C=O) groups is 1. The van der Waals surface area contributed by atoms with E-state index in [0.29, 0.717) is 5.56 Å². The summed E-state index contributed by atoms with van der Waals surface area (Å²) < 4.78 is 0. The van der Waals surface area contributed by atoms with Gasteiger partial charge in [-0.1, -0.05) is 13.0 Å². The van der Waals surface area contributed by atoms with Crippen LogP contribution in [0.2, 0.25) is 0 Å². The van der Waals surface area contributed by atoms with Gasteiger partial charge in [-0.2, -0.15) is 0 Å². The second-order valence-corrected chi connectivity index (χ2v) is 3.21. The molecule has 70 valence electrons. The number of ketones is 1. The minimum absolute atomic E-state index is 0.00421. The van der Waals surface area contributed by atoms with Crippen LogP contribution in [0.4, 0.5) is 0 Å². The molecule has 0 aliphatic heterocycles. The standard InChI is InChI=1S/C11H14O2/c1-4-9-5-7(2)10(8(3)12)6-11(9)13/h5-6,13H,4H2,1-3H3. The fraction of sp³-hybridized carbons (Fsp3) is 0.364. The van der Waals surface area contributed by atoms with Crippen LogP contribution in [0.3, 0.4) is 0 Å². The van der Waals surface area contributed by atoms with Gasteiger partial charge in [-0.05, 0) is 37.5 Å². The Morgan fingerprint density at radius 2 is 2.08 bits per heavy atom. The maximum atomic E-state index is 11.1. The van der Waals surface area contributed by atoms with E-state index in [4.69, 9.17) is 0 Å². The minimum atomic E-state index is -0.00421. The lowest BCUT2D eigenvalue weighted by Crippen LogP contribution is -1.97. The second-order valence-electron chi connectivity index (χ2n) is 3.21. The molecule has 0 aromatic heterocycles. The van der Waals surface area contributed by atoms with Crippen molar-refractivity contribution in [2.75, 3.05) is 0 Å². The quantitative estimate of drug-likeness (QED) is 0.706. The van der Waals surface area contributed by atoms with Gasteiger partial charge in [0.1, 0.15) is 5.75 Å². The molecule has 0 aliphatic carbocycles. The summed E-state index contributed by atoms with van der Waals surface area (Å²) >= 11 is 0. The van der Waals surface area contributed by atoms with Crippen LogP contribution in [-0.2, 0) is 6.42 Å². The molecule has 2 nitrogen and oxygen atoms in total. The normalized spacial score (nSPS) is 10.1. The van der Waals surface area contributed by atoms with Gasteiger partial charge < -0.3 is 5.11 Å². The van der Waals surface area contributed by atoms with Crippen molar-refractivity contribution in [1.82, 2.24) is 0 Å². The first-order chi connectivity index (χ1) is 6.06. The van der Waals surface area contributed by atoms with Crippen LogP contribution >= 0.6 is 0 Å². The molecule has 0 amide bonds. The average Bonchev–Trinajstić information content (AvgIpc) is 2.07. The van der Waals surface area contributed by atoms with Crippen molar-refractivity contribution in [1.29, 1.82) is 0 Å². The van der Waals surface area contributed by atoms with Gasteiger partial charge in [0.2, 0.25) is 0 Å². The number of phenols is 1. The lowest BCUT2D eigenvalue weighted by molar-refractivity contribution is 0.101. The zero-order chi connectivity index (χ0) is 10.0. The molecule has 1 aromatic rings. The number of benzene rings is 1. The topological polar surface area (TPSA) is 37.3 Å². The molecular weight excluding hydrogens is 164 g/mol. The highest BCUT2D eigenvalue weighted by atomic mass is 16.3. The van der Waals surface area contributed by atoms with Crippen LogP contribution in [0.1, 0.15) is 35.3 Å². The number of hydrogen-bond donors (Lipinski definition) is 1. The number of hydrogen-bond acceptors (Lipinski definition) is 2. The van der Waals surface area contributed by atoms with E-state index in [0.717, 1.165) is 17.5 Å². The molecule has 0 spiro atoms. The monoisotopic (exact) mass is 178 g/mol. The number of carbonyl (C=O) groups excluding carboxylic acids is 1. The fourth-order valence-corrected chi connectivity index (χ4v) is 1.42. The SMILES string of the molecule is CCc1cc(C)c(C(C)=O)cc1O. The van der Waals surface area contributed by atoms with E-state index in [1.807, 2.05) is 19.9 Å². The summed E-state index contributed by atoms with van der Waals surface area (Å²) in [6.07, 6.45) is 0.783. The molecular formula is C11H14O2. The van der Waals surface area contributed by atoms with Gasteiger partial charge in [-0.3, -0.25) is 4.79 Å². The third kappa shape index (κ3) is 1.89. The summed E-state index contributed by atoms with van der Waals surface area (Å²) in [4.78, 5) is 11.1. The highest BCUT2D eigenvalue weighted by Gasteiger charge is 2.08. The molecule has 13 heavy (non-hydrogen) atoms. The summed E-state index contributed by atoms with van der Waals surface area (Å²) in [6.45, 7) is 5.37. The van der Waals surface area contributed by atoms with Crippen LogP contribution < -0.4 is 0 Å². The van der Waals surface area contributed by atoms with Crippen molar-refractivity contribution < 1.29 is 9.90 Å². The number of rotatable bonds is 2. The fourth-order valence-electron chi connectivity index (χ4n) is 1.42. The maximum Gasteiger partial charge on any atom is 0.160 e. The Hall–Kier alpha value is -1.31. The molecule has 0 saturated carbocycles. The van der Waals surface area contributed by atoms with Gasteiger partial charge >= 0.3 is 0 Å². The molecule has 0 atom stereocenters. The van der Waals surface area contributed by atoms with E-state index in [2.05, 4.69) is 0 Å². The summed E-state index contributed by atoms with van der Waals surface area (Å²) in [5.74, 6) is 0.216. The summed E-state index contributed by atoms with van der Waals surface area (Å²) in [5, 5.41) is 9.51. The zero-order valence-electron chi connectivity index (χ0n) is 8.22. The summed E-state index contributed by atoms with van der Waals surface area (Å²) in [6, 6.07) is 3.42. The number of Topliss-reactive ketones (excluding diaryl/α,β-unsaturated/α-hetero) is 1. The Morgan fingerprint density at radius 1 is 1.46 bits per heavy atom. The molecule has 0 bridgehead atoms. The molecule has 0 unspecified atom stereocenters. The molecule has 0 radical (unpaired) electrons. The van der Waals surface area contributed by atoms with Crippen molar-refractivity contribution in [2.24, 2.45) is 0 Å². The van der Waals surface area contributed by atoms with E-state index in [1.54, 1.807) is 6.07 Å². The van der Waals surface area contributed by atoms with Gasteiger partial charge in [0, 0.05) is 5.56 Å². The molecule has 1 aromatic carbocycles. The van der Waals surface area contributed by atoms with E-state index in [9.17, 15) is 9.90 Å². The van der Waals surface area contributed by atoms with Crippen LogP contribution in [0.15, 0.2) is 12.1 Å². The van der Waals surface area contributed by atoms with E-state index in [-0.39, 0.29) is 11.5 Å². The van der Waals surface area contributed by atoms with Crippen LogP contribution in [0.25, 0.3) is 0 Å². The van der Waals surface area contributed by atoms with Crippen LogP contribution in [0.5, 0.6) is 5.75 Å². The lowest BCUT2D eigenvalue weighted by Gasteiger charge is -2.07. The minimum Gasteiger partial charge on any atom is -0.508 e. The Balaban J connectivity index is 3.28. The van der Waals surface area contributed by atoms with Crippen LogP contribution in [0, 0.1) is 6.92 Å². The van der Waals surface area contributed by atoms with Crippen molar-refractivity contribution in [3.63, 3.8) is 0 Å². The van der Waals surface area contributed by atoms with Crippen molar-refractivity contribution >= 4 is 5.78 Å². The van der Waals surface area contributed by atoms with E-state index >= 15 is 0 Å². The largest absolute Gasteiger partial charge is 0.508 e. The highest BCUT2D eigenvalue weighted by Crippen LogP contribution is 2.22. The Labute approximate surface area is 78.2 Å². The third-order valence-corrected chi connectivity index (χ3v) is 2.19. The van der Waals surface area contributed by atoms with Crippen molar-refractivity contribution in [3.05, 3.63) is 28.8 Å². The molecule has 1 rings (SSSR count). The zero-order valence-corrected chi connectivity index (χ0v) is 8.22. The van der Waals surface area contributed by atoms with Crippen molar-refractivity contribution in [2.45, 2.75) is 27.2 Å². The van der Waals surface area contributed by atoms with E-state index in [1.165, 1.54) is 6.92 Å². The maximum absolute atomic E-state index is 11.1. The first-order valence-corrected chi connectivity index (χ1v) is 4.39. The molecule has 2 heteroatoms. The second kappa shape index (κ2) is 3.60. The molecule has 0 aliphatic rings. The molecule has 1 N–H and O–H groups in total. The van der Waals surface area contributed by atoms with E-state index < -0.39 is 0 Å². The number of aryl methyl sites for hydroxylation is 2. The average molecular weight is 178 g/mol. The Bertz CT molecular complexity index is 340. The van der Waals surface area contributed by atoms with Gasteiger partial charge in [-0.15, -0.1) is 0 Å². The predicted molar refractivity (Wildman–Crippen MR) is 52.2 cm³/mol. The van der Waals surface area contributed by atoms with Crippen molar-refractivity contribution in [3.8, 4) is 5.75 Å². The summed E-state index contributed by atoms with van der Waals surface area (Å²) in [7, 11) is 0. The Kier molecular flexibility index (Phi) is 2.71. The van der Waals surface area contributed by atoms with Gasteiger partial charge in [0.15, 0.2) is 5.78 Å². The van der Waals surface area contributed by atoms with Gasteiger partial charge in [-0.25, -0.2) is 0 Å². The highest BCUT2D eigenvalue weighted by molar-refractivity contribution is 5.96. The molecule has 0 heterocycles. The lowest BCUT2D eigenvalue weighted by atomic mass is 10.0.